The summed E-state index contributed by atoms with van der Waals surface area (Å²) in [7, 11) is 0. The zero-order chi connectivity index (χ0) is 10.5. The Morgan fingerprint density at radius 3 is 3.00 bits per heavy atom. The van der Waals surface area contributed by atoms with Gasteiger partial charge in [0.25, 0.3) is 0 Å². The number of thiophene rings is 1. The average Bonchev–Trinajstić information content (AvgIpc) is 2.87. The molecule has 15 heavy (non-hydrogen) atoms. The summed E-state index contributed by atoms with van der Waals surface area (Å²) in [6, 6.07) is 2.10. The van der Waals surface area contributed by atoms with Gasteiger partial charge in [-0.25, -0.2) is 0 Å². The summed E-state index contributed by atoms with van der Waals surface area (Å²) in [5.74, 6) is 0.669. The highest BCUT2D eigenvalue weighted by Crippen LogP contribution is 2.29. The van der Waals surface area contributed by atoms with Gasteiger partial charge in [-0.3, -0.25) is 0 Å². The molecule has 0 spiro atoms. The van der Waals surface area contributed by atoms with Crippen LogP contribution in [0.4, 0.5) is 0 Å². The van der Waals surface area contributed by atoms with Gasteiger partial charge in [-0.2, -0.15) is 0 Å². The Balaban J connectivity index is 1.97. The SMILES string of the molecule is ClCCC=Cc1csc(C2OCCO2)c1. The largest absolute Gasteiger partial charge is 0.345 e. The molecule has 0 aliphatic carbocycles. The van der Waals surface area contributed by atoms with Gasteiger partial charge in [0.05, 0.1) is 18.1 Å². The van der Waals surface area contributed by atoms with Crippen molar-refractivity contribution < 1.29 is 9.47 Å². The van der Waals surface area contributed by atoms with Crippen LogP contribution in [0.1, 0.15) is 23.2 Å². The fourth-order valence-corrected chi connectivity index (χ4v) is 2.38. The van der Waals surface area contributed by atoms with Crippen LogP contribution in [0.5, 0.6) is 0 Å². The molecule has 1 fully saturated rings. The van der Waals surface area contributed by atoms with E-state index in [0.717, 1.165) is 11.3 Å². The first-order valence-corrected chi connectivity index (χ1v) is 6.35. The molecule has 0 unspecified atom stereocenters. The second kappa shape index (κ2) is 5.66. The standard InChI is InChI=1S/C11H13ClO2S/c12-4-2-1-3-9-7-10(15-8-9)11-13-5-6-14-11/h1,3,7-8,11H,2,4-6H2. The summed E-state index contributed by atoms with van der Waals surface area (Å²) >= 11 is 7.26. The van der Waals surface area contributed by atoms with Gasteiger partial charge < -0.3 is 9.47 Å². The number of ether oxygens (including phenoxy) is 2. The van der Waals surface area contributed by atoms with E-state index in [1.54, 1.807) is 11.3 Å². The predicted octanol–water partition coefficient (Wildman–Crippen LogP) is 3.44. The molecule has 2 heterocycles. The third kappa shape index (κ3) is 3.05. The lowest BCUT2D eigenvalue weighted by Crippen LogP contribution is -1.93. The summed E-state index contributed by atoms with van der Waals surface area (Å²) in [5.41, 5.74) is 1.19. The second-order valence-corrected chi connectivity index (χ2v) is 4.56. The molecular weight excluding hydrogens is 232 g/mol. The number of halogens is 1. The number of alkyl halides is 1. The zero-order valence-electron chi connectivity index (χ0n) is 8.32. The molecule has 2 rings (SSSR count). The van der Waals surface area contributed by atoms with E-state index in [1.165, 1.54) is 5.56 Å². The first-order chi connectivity index (χ1) is 7.40. The molecule has 1 aromatic rings. The molecule has 0 amide bonds. The maximum absolute atomic E-state index is 5.59. The Morgan fingerprint density at radius 1 is 1.47 bits per heavy atom. The molecular formula is C11H13ClO2S. The van der Waals surface area contributed by atoms with E-state index in [0.29, 0.717) is 19.1 Å². The summed E-state index contributed by atoms with van der Waals surface area (Å²) in [5, 5.41) is 2.10. The Hall–Kier alpha value is -0.350. The molecule has 0 saturated carbocycles. The number of hydrogen-bond donors (Lipinski definition) is 0. The molecule has 82 valence electrons. The van der Waals surface area contributed by atoms with E-state index in [2.05, 4.69) is 23.6 Å². The molecule has 4 heteroatoms. The molecule has 1 aliphatic heterocycles. The first kappa shape index (κ1) is 11.1. The third-order valence-corrected chi connectivity index (χ3v) is 3.27. The highest BCUT2D eigenvalue weighted by atomic mass is 35.5. The zero-order valence-corrected chi connectivity index (χ0v) is 9.89. The van der Waals surface area contributed by atoms with Crippen molar-refractivity contribution in [2.75, 3.05) is 19.1 Å². The molecule has 1 saturated heterocycles. The Labute approximate surface area is 98.5 Å². The minimum atomic E-state index is -0.148. The Kier molecular flexibility index (Phi) is 4.20. The lowest BCUT2D eigenvalue weighted by Gasteiger charge is -2.04. The monoisotopic (exact) mass is 244 g/mol. The molecule has 0 N–H and O–H groups in total. The molecule has 2 nitrogen and oxygen atoms in total. The van der Waals surface area contributed by atoms with Crippen molar-refractivity contribution in [1.82, 2.24) is 0 Å². The minimum Gasteiger partial charge on any atom is -0.345 e. The topological polar surface area (TPSA) is 18.5 Å². The third-order valence-electron chi connectivity index (χ3n) is 2.08. The van der Waals surface area contributed by atoms with Gasteiger partial charge in [0.2, 0.25) is 0 Å². The van der Waals surface area contributed by atoms with Crippen LogP contribution in [-0.2, 0) is 9.47 Å². The minimum absolute atomic E-state index is 0.148. The van der Waals surface area contributed by atoms with Gasteiger partial charge in [-0.15, -0.1) is 22.9 Å². The molecule has 0 bridgehead atoms. The Morgan fingerprint density at radius 2 is 2.27 bits per heavy atom. The Bertz CT molecular complexity index is 329. The van der Waals surface area contributed by atoms with Gasteiger partial charge in [0.1, 0.15) is 0 Å². The van der Waals surface area contributed by atoms with E-state index in [4.69, 9.17) is 21.1 Å². The molecule has 1 aliphatic rings. The summed E-state index contributed by atoms with van der Waals surface area (Å²) in [4.78, 5) is 1.14. The fourth-order valence-electron chi connectivity index (χ4n) is 1.38. The number of hydrogen-bond acceptors (Lipinski definition) is 3. The van der Waals surface area contributed by atoms with Crippen LogP contribution in [0.3, 0.4) is 0 Å². The lowest BCUT2D eigenvalue weighted by molar-refractivity contribution is -0.0413. The summed E-state index contributed by atoms with van der Waals surface area (Å²) < 4.78 is 10.8. The van der Waals surface area contributed by atoms with Crippen molar-refractivity contribution in [3.8, 4) is 0 Å². The van der Waals surface area contributed by atoms with Gasteiger partial charge in [-0.05, 0) is 23.4 Å². The van der Waals surface area contributed by atoms with Crippen molar-refractivity contribution in [3.63, 3.8) is 0 Å². The predicted molar refractivity (Wildman–Crippen MR) is 63.3 cm³/mol. The highest BCUT2D eigenvalue weighted by molar-refractivity contribution is 7.10. The fraction of sp³-hybridized carbons (Fsp3) is 0.455. The van der Waals surface area contributed by atoms with Crippen molar-refractivity contribution in [2.45, 2.75) is 12.7 Å². The first-order valence-electron chi connectivity index (χ1n) is 4.94. The van der Waals surface area contributed by atoms with Crippen LogP contribution in [-0.4, -0.2) is 19.1 Å². The van der Waals surface area contributed by atoms with E-state index in [9.17, 15) is 0 Å². The summed E-state index contributed by atoms with van der Waals surface area (Å²) in [6.45, 7) is 1.39. The van der Waals surface area contributed by atoms with E-state index >= 15 is 0 Å². The highest BCUT2D eigenvalue weighted by Gasteiger charge is 2.19. The number of allylic oxidation sites excluding steroid dienone is 1. The molecule has 0 atom stereocenters. The van der Waals surface area contributed by atoms with Gasteiger partial charge in [0.15, 0.2) is 6.29 Å². The van der Waals surface area contributed by atoms with Crippen LogP contribution in [0.2, 0.25) is 0 Å². The summed E-state index contributed by atoms with van der Waals surface area (Å²) in [6.07, 6.45) is 4.92. The van der Waals surface area contributed by atoms with Crippen LogP contribution >= 0.6 is 22.9 Å². The average molecular weight is 245 g/mol. The quantitative estimate of drug-likeness (QED) is 0.756. The van der Waals surface area contributed by atoms with Crippen LogP contribution in [0.25, 0.3) is 6.08 Å². The molecule has 1 aromatic heterocycles. The van der Waals surface area contributed by atoms with Crippen molar-refractivity contribution in [2.24, 2.45) is 0 Å². The van der Waals surface area contributed by atoms with Crippen LogP contribution in [0.15, 0.2) is 17.5 Å². The lowest BCUT2D eigenvalue weighted by atomic mass is 10.2. The maximum Gasteiger partial charge on any atom is 0.193 e. The van der Waals surface area contributed by atoms with Gasteiger partial charge in [0, 0.05) is 5.88 Å². The van der Waals surface area contributed by atoms with E-state index in [1.807, 2.05) is 0 Å². The second-order valence-electron chi connectivity index (χ2n) is 3.24. The smallest absolute Gasteiger partial charge is 0.193 e. The van der Waals surface area contributed by atoms with E-state index < -0.39 is 0 Å². The van der Waals surface area contributed by atoms with Crippen LogP contribution < -0.4 is 0 Å². The van der Waals surface area contributed by atoms with Crippen molar-refractivity contribution in [3.05, 3.63) is 28.0 Å². The van der Waals surface area contributed by atoms with Crippen molar-refractivity contribution in [1.29, 1.82) is 0 Å². The molecule has 0 radical (unpaired) electrons. The van der Waals surface area contributed by atoms with Gasteiger partial charge >= 0.3 is 0 Å². The maximum atomic E-state index is 5.59. The van der Waals surface area contributed by atoms with Gasteiger partial charge in [-0.1, -0.05) is 12.2 Å². The van der Waals surface area contributed by atoms with Crippen LogP contribution in [0, 0.1) is 0 Å². The molecule has 0 aromatic carbocycles. The van der Waals surface area contributed by atoms with Crippen molar-refractivity contribution >= 4 is 29.0 Å². The number of rotatable bonds is 4. The van der Waals surface area contributed by atoms with E-state index in [-0.39, 0.29) is 6.29 Å². The normalized spacial score (nSPS) is 17.9.